The van der Waals surface area contributed by atoms with Crippen LogP contribution in [0.4, 0.5) is 4.39 Å². The lowest BCUT2D eigenvalue weighted by Gasteiger charge is -2.16. The van der Waals surface area contributed by atoms with Crippen LogP contribution in [0.15, 0.2) is 30.3 Å². The van der Waals surface area contributed by atoms with Crippen LogP contribution in [0.5, 0.6) is 0 Å². The molecule has 1 heterocycles. The van der Waals surface area contributed by atoms with Gasteiger partial charge in [0, 0.05) is 9.75 Å². The maximum Gasteiger partial charge on any atom is 0.142 e. The van der Waals surface area contributed by atoms with Crippen LogP contribution < -0.4 is 5.73 Å². The van der Waals surface area contributed by atoms with E-state index in [9.17, 15) is 4.39 Å². The molecule has 102 valence electrons. The molecule has 1 aromatic heterocycles. The van der Waals surface area contributed by atoms with Crippen LogP contribution in [0.25, 0.3) is 0 Å². The van der Waals surface area contributed by atoms with E-state index in [1.165, 1.54) is 10.9 Å². The van der Waals surface area contributed by atoms with Crippen LogP contribution in [0.3, 0.4) is 0 Å². The molecule has 0 saturated carbocycles. The smallest absolute Gasteiger partial charge is 0.142 e. The zero-order valence-electron chi connectivity index (χ0n) is 11.2. The highest BCUT2D eigenvalue weighted by Gasteiger charge is 2.20. The summed E-state index contributed by atoms with van der Waals surface area (Å²) in [5.74, 6) is -0.429. The van der Waals surface area contributed by atoms with Gasteiger partial charge in [-0.05, 0) is 29.2 Å². The molecule has 0 aliphatic carbocycles. The fourth-order valence-electron chi connectivity index (χ4n) is 1.84. The predicted octanol–water partition coefficient (Wildman–Crippen LogP) is 4.89. The first-order valence-electron chi connectivity index (χ1n) is 6.10. The third-order valence-electron chi connectivity index (χ3n) is 2.99. The monoisotopic (exact) mass is 297 g/mol. The van der Waals surface area contributed by atoms with Crippen molar-refractivity contribution in [1.29, 1.82) is 0 Å². The van der Waals surface area contributed by atoms with Crippen molar-refractivity contribution in [3.8, 4) is 0 Å². The van der Waals surface area contributed by atoms with Gasteiger partial charge in [0.2, 0.25) is 0 Å². The van der Waals surface area contributed by atoms with Crippen LogP contribution in [-0.2, 0) is 5.41 Å². The van der Waals surface area contributed by atoms with Gasteiger partial charge in [-0.1, -0.05) is 44.5 Å². The Kier molecular flexibility index (Phi) is 4.00. The summed E-state index contributed by atoms with van der Waals surface area (Å²) in [6.07, 6.45) is 0. The first kappa shape index (κ1) is 14.5. The molecule has 0 bridgehead atoms. The number of thiophene rings is 1. The second-order valence-electron chi connectivity index (χ2n) is 5.57. The largest absolute Gasteiger partial charge is 0.320 e. The van der Waals surface area contributed by atoms with Crippen molar-refractivity contribution in [1.82, 2.24) is 0 Å². The van der Waals surface area contributed by atoms with Gasteiger partial charge in [0.05, 0.1) is 11.1 Å². The van der Waals surface area contributed by atoms with E-state index >= 15 is 0 Å². The van der Waals surface area contributed by atoms with Gasteiger partial charge >= 0.3 is 0 Å². The van der Waals surface area contributed by atoms with Gasteiger partial charge in [0.25, 0.3) is 0 Å². The van der Waals surface area contributed by atoms with Crippen molar-refractivity contribution in [2.45, 2.75) is 32.2 Å². The third kappa shape index (κ3) is 2.99. The number of benzene rings is 1. The summed E-state index contributed by atoms with van der Waals surface area (Å²) in [5.41, 5.74) is 6.92. The molecule has 0 radical (unpaired) electrons. The maximum atomic E-state index is 13.5. The van der Waals surface area contributed by atoms with E-state index in [1.807, 2.05) is 6.07 Å². The SMILES string of the molecule is CC(C)(C)c1ccc(C(N)c2cccc(F)c2Cl)s1. The summed E-state index contributed by atoms with van der Waals surface area (Å²) in [6.45, 7) is 6.47. The average Bonchev–Trinajstić information content (AvgIpc) is 2.81. The average molecular weight is 298 g/mol. The van der Waals surface area contributed by atoms with Crippen LogP contribution in [0.2, 0.25) is 5.02 Å². The van der Waals surface area contributed by atoms with Gasteiger partial charge in [0.1, 0.15) is 5.82 Å². The van der Waals surface area contributed by atoms with Gasteiger partial charge in [-0.15, -0.1) is 11.3 Å². The zero-order chi connectivity index (χ0) is 14.2. The Morgan fingerprint density at radius 3 is 2.47 bits per heavy atom. The highest BCUT2D eigenvalue weighted by molar-refractivity contribution is 7.12. The van der Waals surface area contributed by atoms with Gasteiger partial charge in [-0.3, -0.25) is 0 Å². The molecule has 4 heteroatoms. The second-order valence-corrected chi connectivity index (χ2v) is 7.07. The molecule has 1 nitrogen and oxygen atoms in total. The van der Waals surface area contributed by atoms with Crippen molar-refractivity contribution in [2.24, 2.45) is 5.73 Å². The molecule has 0 aliphatic heterocycles. The molecule has 2 rings (SSSR count). The van der Waals surface area contributed by atoms with E-state index in [1.54, 1.807) is 23.5 Å². The summed E-state index contributed by atoms with van der Waals surface area (Å²) >= 11 is 7.64. The molecule has 19 heavy (non-hydrogen) atoms. The number of halogens is 2. The Labute approximate surface area is 122 Å². The fraction of sp³-hybridized carbons (Fsp3) is 0.333. The molecule has 1 aromatic carbocycles. The summed E-state index contributed by atoms with van der Waals surface area (Å²) in [4.78, 5) is 2.25. The van der Waals surface area contributed by atoms with E-state index in [0.717, 1.165) is 4.88 Å². The molecule has 1 atom stereocenters. The zero-order valence-corrected chi connectivity index (χ0v) is 12.8. The molecule has 1 unspecified atom stereocenters. The standard InChI is InChI=1S/C15H17ClFNS/c1-15(2,3)12-8-7-11(19-12)14(18)9-5-4-6-10(17)13(9)16/h4-8,14H,18H2,1-3H3. The highest BCUT2D eigenvalue weighted by Crippen LogP contribution is 2.35. The van der Waals surface area contributed by atoms with Crippen molar-refractivity contribution in [3.63, 3.8) is 0 Å². The van der Waals surface area contributed by atoms with Crippen molar-refractivity contribution < 1.29 is 4.39 Å². The summed E-state index contributed by atoms with van der Waals surface area (Å²) < 4.78 is 13.5. The number of rotatable bonds is 2. The molecule has 0 spiro atoms. The third-order valence-corrected chi connectivity index (χ3v) is 4.98. The minimum Gasteiger partial charge on any atom is -0.320 e. The first-order valence-corrected chi connectivity index (χ1v) is 7.30. The Bertz CT molecular complexity index is 586. The van der Waals surface area contributed by atoms with Gasteiger partial charge in [0.15, 0.2) is 0 Å². The topological polar surface area (TPSA) is 26.0 Å². The lowest BCUT2D eigenvalue weighted by molar-refractivity contribution is 0.604. The van der Waals surface area contributed by atoms with Crippen LogP contribution in [0, 0.1) is 5.82 Å². The quantitative estimate of drug-likeness (QED) is 0.839. The second kappa shape index (κ2) is 5.23. The molecule has 2 N–H and O–H groups in total. The van der Waals surface area contributed by atoms with Crippen LogP contribution in [0.1, 0.15) is 42.1 Å². The number of nitrogens with two attached hydrogens (primary N) is 1. The van der Waals surface area contributed by atoms with Crippen molar-refractivity contribution >= 4 is 22.9 Å². The summed E-state index contributed by atoms with van der Waals surface area (Å²) in [5, 5.41) is 0.112. The van der Waals surface area contributed by atoms with E-state index in [2.05, 4.69) is 26.8 Å². The molecule has 0 fully saturated rings. The molecule has 0 aliphatic rings. The minimum absolute atomic E-state index is 0.0916. The fourth-order valence-corrected chi connectivity index (χ4v) is 3.17. The van der Waals surface area contributed by atoms with Crippen LogP contribution >= 0.6 is 22.9 Å². The lowest BCUT2D eigenvalue weighted by atomic mass is 9.95. The lowest BCUT2D eigenvalue weighted by Crippen LogP contribution is -2.11. The van der Waals surface area contributed by atoms with E-state index in [0.29, 0.717) is 5.56 Å². The van der Waals surface area contributed by atoms with Gasteiger partial charge < -0.3 is 5.73 Å². The van der Waals surface area contributed by atoms with Gasteiger partial charge in [-0.25, -0.2) is 4.39 Å². The Balaban J connectivity index is 2.37. The summed E-state index contributed by atoms with van der Waals surface area (Å²) in [6, 6.07) is 8.43. The normalized spacial score (nSPS) is 13.6. The Morgan fingerprint density at radius 2 is 1.89 bits per heavy atom. The maximum absolute atomic E-state index is 13.5. The van der Waals surface area contributed by atoms with Crippen LogP contribution in [-0.4, -0.2) is 0 Å². The van der Waals surface area contributed by atoms with E-state index < -0.39 is 5.82 Å². The number of hydrogen-bond acceptors (Lipinski definition) is 2. The Morgan fingerprint density at radius 1 is 1.21 bits per heavy atom. The molecular weight excluding hydrogens is 281 g/mol. The molecule has 2 aromatic rings. The minimum atomic E-state index is -0.429. The predicted molar refractivity (Wildman–Crippen MR) is 80.5 cm³/mol. The molecule has 0 saturated heterocycles. The number of hydrogen-bond donors (Lipinski definition) is 1. The van der Waals surface area contributed by atoms with Crippen molar-refractivity contribution in [2.75, 3.05) is 0 Å². The Hall–Kier alpha value is -0.900. The molecular formula is C15H17ClFNS. The van der Waals surface area contributed by atoms with E-state index in [4.69, 9.17) is 17.3 Å². The van der Waals surface area contributed by atoms with Crippen molar-refractivity contribution in [3.05, 3.63) is 56.5 Å². The highest BCUT2D eigenvalue weighted by atomic mass is 35.5. The van der Waals surface area contributed by atoms with Gasteiger partial charge in [-0.2, -0.15) is 0 Å². The van der Waals surface area contributed by atoms with E-state index in [-0.39, 0.29) is 16.5 Å². The first-order chi connectivity index (χ1) is 8.80. The molecule has 0 amide bonds. The summed E-state index contributed by atoms with van der Waals surface area (Å²) in [7, 11) is 0.